The Labute approximate surface area is 230 Å². The van der Waals surface area contributed by atoms with Crippen molar-refractivity contribution in [3.8, 4) is 11.3 Å². The Kier molecular flexibility index (Phi) is 7.57. The number of nitrogens with zero attached hydrogens (tertiary/aromatic N) is 8. The standard InChI is InChI=1S/C24H24ClN9OS.C2H6/c1-14-19(12-32(2)31-14)20-13-36-24(29-20)30-21-6-3-15(7-26-21)22(35)34-17-4-5-18(34)11-33(10-17)23-27-8-16(25)9-28-23;1-2/h3,6-9,12-13,17-18H,4-5,10-11H2,1-2H3,(H,26,29,30);1-2H3/t17-,18+;. The highest BCUT2D eigenvalue weighted by atomic mass is 35.5. The van der Waals surface area contributed by atoms with Crippen LogP contribution < -0.4 is 10.2 Å². The van der Waals surface area contributed by atoms with Crippen molar-refractivity contribution in [3.05, 3.63) is 58.6 Å². The van der Waals surface area contributed by atoms with E-state index in [4.69, 9.17) is 11.6 Å². The van der Waals surface area contributed by atoms with Crippen LogP contribution >= 0.6 is 22.9 Å². The Balaban J connectivity index is 0.00000144. The maximum absolute atomic E-state index is 13.4. The normalized spacial score (nSPS) is 18.2. The third-order valence-electron chi connectivity index (χ3n) is 6.65. The van der Waals surface area contributed by atoms with E-state index in [9.17, 15) is 4.79 Å². The number of fused-ring (bicyclic) bond motifs is 2. The van der Waals surface area contributed by atoms with Gasteiger partial charge in [-0.05, 0) is 31.9 Å². The van der Waals surface area contributed by atoms with Crippen LogP contribution in [0.3, 0.4) is 0 Å². The number of halogens is 1. The number of rotatable bonds is 5. The summed E-state index contributed by atoms with van der Waals surface area (Å²) in [6.45, 7) is 7.38. The average Bonchev–Trinajstić information content (AvgIpc) is 3.60. The fourth-order valence-corrected chi connectivity index (χ4v) is 5.84. The van der Waals surface area contributed by atoms with E-state index in [1.54, 1.807) is 23.3 Å². The van der Waals surface area contributed by atoms with Crippen molar-refractivity contribution in [2.45, 2.75) is 45.7 Å². The molecule has 2 aliphatic rings. The third-order valence-corrected chi connectivity index (χ3v) is 7.60. The van der Waals surface area contributed by atoms with Gasteiger partial charge in [0, 0.05) is 43.5 Å². The lowest BCUT2D eigenvalue weighted by Gasteiger charge is -2.41. The lowest BCUT2D eigenvalue weighted by molar-refractivity contribution is 0.0640. The molecule has 2 saturated heterocycles. The number of anilines is 3. The zero-order valence-electron chi connectivity index (χ0n) is 21.8. The Hall–Kier alpha value is -3.57. The molecule has 0 saturated carbocycles. The number of pyridine rings is 1. The molecule has 2 aliphatic heterocycles. The first-order valence-corrected chi connectivity index (χ1v) is 13.9. The van der Waals surface area contributed by atoms with Crippen molar-refractivity contribution in [2.75, 3.05) is 23.3 Å². The van der Waals surface area contributed by atoms with Gasteiger partial charge in [-0.2, -0.15) is 5.10 Å². The number of carbonyl (C=O) groups is 1. The van der Waals surface area contributed by atoms with Crippen LogP contribution in [0, 0.1) is 6.92 Å². The van der Waals surface area contributed by atoms with E-state index < -0.39 is 0 Å². The second-order valence-electron chi connectivity index (χ2n) is 9.10. The summed E-state index contributed by atoms with van der Waals surface area (Å²) in [5.74, 6) is 1.31. The molecule has 0 aliphatic carbocycles. The molecule has 0 unspecified atom stereocenters. The van der Waals surface area contributed by atoms with Crippen LogP contribution in [-0.4, -0.2) is 65.7 Å². The molecule has 198 valence electrons. The number of amides is 1. The van der Waals surface area contributed by atoms with Gasteiger partial charge < -0.3 is 15.1 Å². The lowest BCUT2D eigenvalue weighted by atomic mass is 10.1. The van der Waals surface area contributed by atoms with Crippen molar-refractivity contribution >= 4 is 45.7 Å². The highest BCUT2D eigenvalue weighted by Crippen LogP contribution is 2.33. The Bertz CT molecular complexity index is 1390. The van der Waals surface area contributed by atoms with Gasteiger partial charge in [-0.15, -0.1) is 11.3 Å². The Morgan fingerprint density at radius 3 is 2.39 bits per heavy atom. The first-order chi connectivity index (χ1) is 18.4. The van der Waals surface area contributed by atoms with E-state index in [1.165, 1.54) is 11.3 Å². The minimum atomic E-state index is 0.0156. The minimum absolute atomic E-state index is 0.0156. The van der Waals surface area contributed by atoms with Crippen molar-refractivity contribution in [3.63, 3.8) is 0 Å². The summed E-state index contributed by atoms with van der Waals surface area (Å²) in [5, 5.41) is 10.9. The predicted octanol–water partition coefficient (Wildman–Crippen LogP) is 4.95. The molecule has 6 rings (SSSR count). The number of thiazole rings is 1. The van der Waals surface area contributed by atoms with E-state index in [0.29, 0.717) is 35.4 Å². The van der Waals surface area contributed by atoms with Crippen LogP contribution in [0.2, 0.25) is 5.02 Å². The molecular formula is C26H30ClN9OS. The van der Waals surface area contributed by atoms with E-state index in [2.05, 4.69) is 35.3 Å². The molecular weight excluding hydrogens is 522 g/mol. The summed E-state index contributed by atoms with van der Waals surface area (Å²) in [6, 6.07) is 3.89. The monoisotopic (exact) mass is 551 g/mol. The molecule has 10 nitrogen and oxygen atoms in total. The van der Waals surface area contributed by atoms with E-state index in [0.717, 1.165) is 34.9 Å². The predicted molar refractivity (Wildman–Crippen MR) is 150 cm³/mol. The molecule has 2 bridgehead atoms. The van der Waals surface area contributed by atoms with E-state index in [-0.39, 0.29) is 18.0 Å². The average molecular weight is 552 g/mol. The zero-order chi connectivity index (χ0) is 26.8. The molecule has 38 heavy (non-hydrogen) atoms. The molecule has 0 aromatic carbocycles. The number of aryl methyl sites for hydroxylation is 2. The molecule has 4 aromatic heterocycles. The first kappa shape index (κ1) is 26.1. The second kappa shape index (κ2) is 11.0. The summed E-state index contributed by atoms with van der Waals surface area (Å²) in [4.78, 5) is 35.4. The molecule has 1 N–H and O–H groups in total. The van der Waals surface area contributed by atoms with Gasteiger partial charge in [0.2, 0.25) is 5.95 Å². The molecule has 2 atom stereocenters. The minimum Gasteiger partial charge on any atom is -0.337 e. The SMILES string of the molecule is CC.Cc1nn(C)cc1-c1csc(Nc2ccc(C(=O)N3[C@@H]4CC[C@H]3CN(c3ncc(Cl)cn3)C4)cn2)n1. The molecule has 0 spiro atoms. The van der Waals surface area contributed by atoms with Gasteiger partial charge in [0.05, 0.1) is 46.5 Å². The van der Waals surface area contributed by atoms with Gasteiger partial charge in [0.15, 0.2) is 5.13 Å². The highest BCUT2D eigenvalue weighted by molar-refractivity contribution is 7.14. The maximum Gasteiger partial charge on any atom is 0.256 e. The first-order valence-electron chi connectivity index (χ1n) is 12.7. The summed E-state index contributed by atoms with van der Waals surface area (Å²) < 4.78 is 1.78. The fraction of sp³-hybridized carbons (Fsp3) is 0.385. The van der Waals surface area contributed by atoms with Gasteiger partial charge >= 0.3 is 0 Å². The summed E-state index contributed by atoms with van der Waals surface area (Å²) in [7, 11) is 1.90. The molecule has 1 amide bonds. The van der Waals surface area contributed by atoms with Gasteiger partial charge in [-0.3, -0.25) is 9.48 Å². The largest absolute Gasteiger partial charge is 0.337 e. The van der Waals surface area contributed by atoms with E-state index in [1.807, 2.05) is 56.4 Å². The molecule has 12 heteroatoms. The smallest absolute Gasteiger partial charge is 0.256 e. The van der Waals surface area contributed by atoms with Gasteiger partial charge in [0.1, 0.15) is 5.82 Å². The Morgan fingerprint density at radius 2 is 1.79 bits per heavy atom. The lowest BCUT2D eigenvalue weighted by Crippen LogP contribution is -2.56. The fourth-order valence-electron chi connectivity index (χ4n) is 5.03. The number of nitrogens with one attached hydrogen (secondary N) is 1. The van der Waals surface area contributed by atoms with Crippen molar-refractivity contribution in [1.82, 2.24) is 34.6 Å². The van der Waals surface area contributed by atoms with Gasteiger partial charge in [-0.1, -0.05) is 25.4 Å². The number of aromatic nitrogens is 6. The second-order valence-corrected chi connectivity index (χ2v) is 10.4. The molecule has 0 radical (unpaired) electrons. The maximum atomic E-state index is 13.4. The number of hydrogen-bond acceptors (Lipinski definition) is 9. The van der Waals surface area contributed by atoms with Crippen LogP contribution in [0.4, 0.5) is 16.9 Å². The zero-order valence-corrected chi connectivity index (χ0v) is 23.4. The molecule has 6 heterocycles. The van der Waals surface area contributed by atoms with Gasteiger partial charge in [0.25, 0.3) is 5.91 Å². The topological polar surface area (TPSA) is 105 Å². The van der Waals surface area contributed by atoms with Crippen molar-refractivity contribution in [2.24, 2.45) is 7.05 Å². The van der Waals surface area contributed by atoms with Crippen molar-refractivity contribution < 1.29 is 4.79 Å². The van der Waals surface area contributed by atoms with E-state index >= 15 is 0 Å². The van der Waals surface area contributed by atoms with Crippen LogP contribution in [0.5, 0.6) is 0 Å². The molecule has 4 aromatic rings. The highest BCUT2D eigenvalue weighted by Gasteiger charge is 2.43. The number of piperazine rings is 1. The van der Waals surface area contributed by atoms with Crippen LogP contribution in [-0.2, 0) is 7.05 Å². The third kappa shape index (κ3) is 5.21. The summed E-state index contributed by atoms with van der Waals surface area (Å²) in [6.07, 6.45) is 8.75. The number of hydrogen-bond donors (Lipinski definition) is 1. The van der Waals surface area contributed by atoms with Crippen LogP contribution in [0.1, 0.15) is 42.7 Å². The van der Waals surface area contributed by atoms with Crippen molar-refractivity contribution in [1.29, 1.82) is 0 Å². The summed E-state index contributed by atoms with van der Waals surface area (Å²) in [5.41, 5.74) is 3.40. The number of carbonyl (C=O) groups excluding carboxylic acids is 1. The Morgan fingerprint density at radius 1 is 1.08 bits per heavy atom. The quantitative estimate of drug-likeness (QED) is 0.371. The van der Waals surface area contributed by atoms with Crippen LogP contribution in [0.25, 0.3) is 11.3 Å². The van der Waals surface area contributed by atoms with Gasteiger partial charge in [-0.25, -0.2) is 19.9 Å². The van der Waals surface area contributed by atoms with Crippen LogP contribution in [0.15, 0.2) is 42.3 Å². The molecule has 2 fully saturated rings. The summed E-state index contributed by atoms with van der Waals surface area (Å²) >= 11 is 7.43.